The molecule has 0 atom stereocenters. The first kappa shape index (κ1) is 20.5. The second-order valence-electron chi connectivity index (χ2n) is 6.18. The minimum absolute atomic E-state index is 0.0986. The summed E-state index contributed by atoms with van der Waals surface area (Å²) in [5.41, 5.74) is 1.89. The lowest BCUT2D eigenvalue weighted by Crippen LogP contribution is -2.45. The predicted octanol–water partition coefficient (Wildman–Crippen LogP) is 2.14. The number of guanidine groups is 1. The highest BCUT2D eigenvalue weighted by Crippen LogP contribution is 2.07. The standard InChI is InChI=1S/C20H30N6O/c1-5-21-20(24(4)16-19(27)25(6-2)7-3)22-15-17-13-14-26(23-17)18-11-9-8-10-12-18/h8-14H,5-7,15-16H2,1-4H3,(H,21,22). The zero-order valence-electron chi connectivity index (χ0n) is 16.7. The van der Waals surface area contributed by atoms with Crippen LogP contribution < -0.4 is 5.32 Å². The Morgan fingerprint density at radius 3 is 2.48 bits per heavy atom. The van der Waals surface area contributed by atoms with E-state index in [-0.39, 0.29) is 5.91 Å². The number of para-hydroxylation sites is 1. The van der Waals surface area contributed by atoms with Gasteiger partial charge in [0.25, 0.3) is 0 Å². The molecule has 2 rings (SSSR count). The van der Waals surface area contributed by atoms with Crippen molar-refractivity contribution < 1.29 is 4.79 Å². The quantitative estimate of drug-likeness (QED) is 0.571. The largest absolute Gasteiger partial charge is 0.357 e. The Morgan fingerprint density at radius 2 is 1.85 bits per heavy atom. The van der Waals surface area contributed by atoms with Crippen molar-refractivity contribution in [2.45, 2.75) is 27.3 Å². The van der Waals surface area contributed by atoms with Crippen LogP contribution in [0.1, 0.15) is 26.5 Å². The van der Waals surface area contributed by atoms with Gasteiger partial charge in [-0.05, 0) is 39.0 Å². The second kappa shape index (κ2) is 10.4. The van der Waals surface area contributed by atoms with E-state index in [1.165, 1.54) is 0 Å². The van der Waals surface area contributed by atoms with E-state index in [4.69, 9.17) is 0 Å². The first-order chi connectivity index (χ1) is 13.1. The molecule has 1 N–H and O–H groups in total. The molecule has 1 amide bonds. The highest BCUT2D eigenvalue weighted by molar-refractivity contribution is 5.86. The molecule has 7 heteroatoms. The Hall–Kier alpha value is -2.83. The molecule has 1 heterocycles. The number of rotatable bonds is 8. The molecule has 1 aromatic carbocycles. The lowest BCUT2D eigenvalue weighted by Gasteiger charge is -2.25. The van der Waals surface area contributed by atoms with Gasteiger partial charge in [0.1, 0.15) is 0 Å². The van der Waals surface area contributed by atoms with Gasteiger partial charge in [-0.3, -0.25) is 4.79 Å². The number of hydrogen-bond donors (Lipinski definition) is 1. The monoisotopic (exact) mass is 370 g/mol. The highest BCUT2D eigenvalue weighted by Gasteiger charge is 2.15. The maximum absolute atomic E-state index is 12.3. The summed E-state index contributed by atoms with van der Waals surface area (Å²) in [6.07, 6.45) is 1.93. The van der Waals surface area contributed by atoms with Crippen molar-refractivity contribution in [3.63, 3.8) is 0 Å². The Bertz CT molecular complexity index is 736. The van der Waals surface area contributed by atoms with Crippen LogP contribution >= 0.6 is 0 Å². The number of aliphatic imine (C=N–C) groups is 1. The van der Waals surface area contributed by atoms with E-state index in [1.807, 2.05) is 84.9 Å². The highest BCUT2D eigenvalue weighted by atomic mass is 16.2. The molecule has 0 fully saturated rings. The fraction of sp³-hybridized carbons (Fsp3) is 0.450. The van der Waals surface area contributed by atoms with Crippen LogP contribution in [0.2, 0.25) is 0 Å². The molecule has 1 aromatic heterocycles. The predicted molar refractivity (Wildman–Crippen MR) is 109 cm³/mol. The molecule has 2 aromatic rings. The van der Waals surface area contributed by atoms with Gasteiger partial charge < -0.3 is 15.1 Å². The van der Waals surface area contributed by atoms with Gasteiger partial charge >= 0.3 is 0 Å². The van der Waals surface area contributed by atoms with E-state index in [1.54, 1.807) is 0 Å². The third kappa shape index (κ3) is 5.84. The van der Waals surface area contributed by atoms with E-state index >= 15 is 0 Å². The molecular formula is C20H30N6O. The number of nitrogens with one attached hydrogen (secondary N) is 1. The number of benzene rings is 1. The summed E-state index contributed by atoms with van der Waals surface area (Å²) < 4.78 is 1.84. The van der Waals surface area contributed by atoms with E-state index in [0.717, 1.165) is 17.9 Å². The second-order valence-corrected chi connectivity index (χ2v) is 6.18. The van der Waals surface area contributed by atoms with Gasteiger partial charge in [-0.25, -0.2) is 9.67 Å². The summed E-state index contributed by atoms with van der Waals surface area (Å²) in [5.74, 6) is 0.800. The summed E-state index contributed by atoms with van der Waals surface area (Å²) in [5, 5.41) is 7.82. The first-order valence-electron chi connectivity index (χ1n) is 9.46. The fourth-order valence-electron chi connectivity index (χ4n) is 2.75. The molecule has 27 heavy (non-hydrogen) atoms. The van der Waals surface area contributed by atoms with E-state index in [0.29, 0.717) is 32.1 Å². The number of amides is 1. The van der Waals surface area contributed by atoms with Gasteiger partial charge in [0, 0.05) is 32.9 Å². The van der Waals surface area contributed by atoms with E-state index in [9.17, 15) is 4.79 Å². The molecule has 7 nitrogen and oxygen atoms in total. The third-order valence-corrected chi connectivity index (χ3v) is 4.24. The molecular weight excluding hydrogens is 340 g/mol. The fourth-order valence-corrected chi connectivity index (χ4v) is 2.75. The Labute approximate surface area is 161 Å². The first-order valence-corrected chi connectivity index (χ1v) is 9.46. The van der Waals surface area contributed by atoms with Gasteiger partial charge in [0.05, 0.1) is 24.5 Å². The van der Waals surface area contributed by atoms with E-state index < -0.39 is 0 Å². The summed E-state index contributed by atoms with van der Waals surface area (Å²) in [6, 6.07) is 11.9. The third-order valence-electron chi connectivity index (χ3n) is 4.24. The zero-order valence-corrected chi connectivity index (χ0v) is 16.7. The smallest absolute Gasteiger partial charge is 0.242 e. The van der Waals surface area contributed by atoms with Crippen LogP contribution in [-0.2, 0) is 11.3 Å². The number of hydrogen-bond acceptors (Lipinski definition) is 3. The van der Waals surface area contributed by atoms with E-state index in [2.05, 4.69) is 15.4 Å². The maximum atomic E-state index is 12.3. The van der Waals surface area contributed by atoms with Crippen LogP contribution in [0, 0.1) is 0 Å². The van der Waals surface area contributed by atoms with Crippen LogP contribution in [0.25, 0.3) is 5.69 Å². The van der Waals surface area contributed by atoms with Crippen molar-refractivity contribution in [2.24, 2.45) is 4.99 Å². The van der Waals surface area contributed by atoms with Crippen LogP contribution in [0.4, 0.5) is 0 Å². The van der Waals surface area contributed by atoms with Crippen molar-refractivity contribution in [2.75, 3.05) is 33.2 Å². The average Bonchev–Trinajstić information content (AvgIpc) is 3.15. The van der Waals surface area contributed by atoms with Gasteiger partial charge in [0.2, 0.25) is 5.91 Å². The molecule has 0 aliphatic rings. The summed E-state index contributed by atoms with van der Waals surface area (Å²) in [4.78, 5) is 20.7. The minimum Gasteiger partial charge on any atom is -0.357 e. The number of aromatic nitrogens is 2. The molecule has 0 saturated heterocycles. The molecule has 0 bridgehead atoms. The zero-order chi connectivity index (χ0) is 19.6. The topological polar surface area (TPSA) is 65.8 Å². The minimum atomic E-state index is 0.0986. The lowest BCUT2D eigenvalue weighted by atomic mass is 10.3. The number of carbonyl (C=O) groups is 1. The molecule has 0 aliphatic heterocycles. The van der Waals surface area contributed by atoms with Crippen LogP contribution in [0.3, 0.4) is 0 Å². The van der Waals surface area contributed by atoms with Crippen molar-refractivity contribution in [3.05, 3.63) is 48.3 Å². The lowest BCUT2D eigenvalue weighted by molar-refractivity contribution is -0.131. The number of nitrogens with zero attached hydrogens (tertiary/aromatic N) is 5. The van der Waals surface area contributed by atoms with Crippen LogP contribution in [0.5, 0.6) is 0 Å². The Kier molecular flexibility index (Phi) is 7.85. The average molecular weight is 371 g/mol. The molecule has 0 saturated carbocycles. The molecule has 0 aliphatic carbocycles. The summed E-state index contributed by atoms with van der Waals surface area (Å²) in [6.45, 7) is 8.91. The SMILES string of the molecule is CCNC(=NCc1ccn(-c2ccccc2)n1)N(C)CC(=O)N(CC)CC. The molecule has 0 unspecified atom stereocenters. The number of likely N-dealkylation sites (N-methyl/N-ethyl adjacent to an activating group) is 2. The van der Waals surface area contributed by atoms with Crippen molar-refractivity contribution in [1.82, 2.24) is 24.9 Å². The van der Waals surface area contributed by atoms with Gasteiger partial charge in [-0.2, -0.15) is 5.10 Å². The maximum Gasteiger partial charge on any atom is 0.242 e. The Balaban J connectivity index is 2.04. The van der Waals surface area contributed by atoms with Crippen LogP contribution in [-0.4, -0.2) is 64.7 Å². The van der Waals surface area contributed by atoms with Gasteiger partial charge in [-0.15, -0.1) is 0 Å². The summed E-state index contributed by atoms with van der Waals surface area (Å²) >= 11 is 0. The Morgan fingerprint density at radius 1 is 1.15 bits per heavy atom. The summed E-state index contributed by atoms with van der Waals surface area (Å²) in [7, 11) is 1.88. The molecule has 146 valence electrons. The van der Waals surface area contributed by atoms with Gasteiger partial charge in [0.15, 0.2) is 5.96 Å². The molecule has 0 radical (unpaired) electrons. The van der Waals surface area contributed by atoms with Crippen molar-refractivity contribution in [1.29, 1.82) is 0 Å². The van der Waals surface area contributed by atoms with Gasteiger partial charge in [-0.1, -0.05) is 18.2 Å². The van der Waals surface area contributed by atoms with Crippen molar-refractivity contribution in [3.8, 4) is 5.69 Å². The molecule has 0 spiro atoms. The normalized spacial score (nSPS) is 11.3. The number of carbonyl (C=O) groups excluding carboxylic acids is 1. The van der Waals surface area contributed by atoms with Crippen LogP contribution in [0.15, 0.2) is 47.6 Å². The van der Waals surface area contributed by atoms with Crippen molar-refractivity contribution >= 4 is 11.9 Å².